The van der Waals surface area contributed by atoms with Crippen LogP contribution in [0.5, 0.6) is 0 Å². The topological polar surface area (TPSA) is 59.8 Å². The van der Waals surface area contributed by atoms with E-state index in [0.717, 1.165) is 17.0 Å². The summed E-state index contributed by atoms with van der Waals surface area (Å²) in [6, 6.07) is 4.02. The third-order valence-electron chi connectivity index (χ3n) is 4.73. The summed E-state index contributed by atoms with van der Waals surface area (Å²) < 4.78 is 42.7. The molecular weight excluding hydrogens is 349 g/mol. The molecule has 26 heavy (non-hydrogen) atoms. The van der Waals surface area contributed by atoms with Gasteiger partial charge in [-0.1, -0.05) is 0 Å². The third kappa shape index (κ3) is 5.20. The molecule has 0 unspecified atom stereocenters. The smallest absolute Gasteiger partial charge is 0.416 e. The molecule has 1 aliphatic heterocycles. The average Bonchev–Trinajstić information content (AvgIpc) is 2.61. The second-order valence-electron chi connectivity index (χ2n) is 6.47. The monoisotopic (exact) mass is 373 g/mol. The molecule has 2 rings (SSSR count). The summed E-state index contributed by atoms with van der Waals surface area (Å²) in [4.78, 5) is 25.2. The summed E-state index contributed by atoms with van der Waals surface area (Å²) in [6.07, 6.45) is -3.08. The number of hydrogen-bond acceptors (Lipinski definition) is 3. The van der Waals surface area contributed by atoms with E-state index in [-0.39, 0.29) is 23.8 Å². The van der Waals surface area contributed by atoms with Crippen molar-refractivity contribution in [3.05, 3.63) is 29.8 Å². The molecule has 5 nitrogen and oxygen atoms in total. The van der Waals surface area contributed by atoms with Crippen LogP contribution in [-0.2, 0) is 20.5 Å². The number of carbonyl (C=O) groups is 2. The number of halogens is 3. The van der Waals surface area contributed by atoms with Gasteiger partial charge < -0.3 is 15.0 Å². The van der Waals surface area contributed by atoms with Gasteiger partial charge in [-0.15, -0.1) is 0 Å². The number of rotatable bonds is 5. The molecule has 1 fully saturated rings. The molecule has 0 saturated carbocycles. The van der Waals surface area contributed by atoms with E-state index in [1.807, 2.05) is 0 Å². The Labute approximate surface area is 150 Å². The van der Waals surface area contributed by atoms with Gasteiger partial charge in [-0.3, -0.25) is 9.59 Å². The van der Waals surface area contributed by atoms with Crippen LogP contribution in [0.3, 0.4) is 0 Å². The zero-order chi connectivity index (χ0) is 19.3. The van der Waals surface area contributed by atoms with E-state index in [1.165, 1.54) is 12.1 Å². The van der Waals surface area contributed by atoms with E-state index in [4.69, 9.17) is 4.74 Å². The van der Waals surface area contributed by atoms with Crippen LogP contribution in [0.2, 0.25) is 0 Å². The van der Waals surface area contributed by atoms with Gasteiger partial charge in [0.25, 0.3) is 5.91 Å². The van der Waals surface area contributed by atoms with Crippen molar-refractivity contribution in [2.45, 2.75) is 38.9 Å². The molecule has 1 atom stereocenters. The van der Waals surface area contributed by atoms with Crippen LogP contribution < -0.4 is 10.2 Å². The molecule has 0 radical (unpaired) electrons. The van der Waals surface area contributed by atoms with Crippen LogP contribution in [-0.4, -0.2) is 37.6 Å². The zero-order valence-electron chi connectivity index (χ0n) is 14.9. The maximum atomic E-state index is 12.6. The van der Waals surface area contributed by atoms with Crippen molar-refractivity contribution in [1.82, 2.24) is 0 Å². The Balaban J connectivity index is 1.87. The Morgan fingerprint density at radius 1 is 1.23 bits per heavy atom. The van der Waals surface area contributed by atoms with E-state index >= 15 is 0 Å². The zero-order valence-corrected chi connectivity index (χ0v) is 14.9. The van der Waals surface area contributed by atoms with Crippen LogP contribution in [0.1, 0.15) is 32.3 Å². The van der Waals surface area contributed by atoms with Gasteiger partial charge in [0.2, 0.25) is 0 Å². The largest absolute Gasteiger partial charge is 0.466 e. The second-order valence-corrected chi connectivity index (χ2v) is 6.47. The SMILES string of the molecule is CCOC(=O)C1CC[NH+]([C@@H](C)C(=O)Nc2ccc(C(F)(F)F)cc2)CC1. The Kier molecular flexibility index (Phi) is 6.63. The van der Waals surface area contributed by atoms with Crippen LogP contribution in [0, 0.1) is 5.92 Å². The number of piperidine rings is 1. The number of alkyl halides is 3. The quantitative estimate of drug-likeness (QED) is 0.775. The molecule has 0 bridgehead atoms. The van der Waals surface area contributed by atoms with Gasteiger partial charge in [0.1, 0.15) is 0 Å². The van der Waals surface area contributed by atoms with E-state index in [2.05, 4.69) is 5.32 Å². The highest BCUT2D eigenvalue weighted by Crippen LogP contribution is 2.29. The summed E-state index contributed by atoms with van der Waals surface area (Å²) in [5.74, 6) is -0.563. The number of amides is 1. The van der Waals surface area contributed by atoms with Gasteiger partial charge in [0, 0.05) is 18.5 Å². The van der Waals surface area contributed by atoms with Gasteiger partial charge in [-0.25, -0.2) is 0 Å². The highest BCUT2D eigenvalue weighted by Gasteiger charge is 2.34. The number of likely N-dealkylation sites (tertiary alicyclic amines) is 1. The standard InChI is InChI=1S/C18H23F3N2O3/c1-3-26-17(25)13-8-10-23(11-9-13)12(2)16(24)22-15-6-4-14(5-7-15)18(19,20)21/h4-7,12-13H,3,8-11H2,1-2H3,(H,22,24)/p+1/t12-/m0/s1. The maximum absolute atomic E-state index is 12.6. The van der Waals surface area contributed by atoms with Crippen molar-refractivity contribution in [1.29, 1.82) is 0 Å². The summed E-state index contributed by atoms with van der Waals surface area (Å²) in [7, 11) is 0. The summed E-state index contributed by atoms with van der Waals surface area (Å²) in [6.45, 7) is 5.25. The molecular formula is C18H24F3N2O3+. The van der Waals surface area contributed by atoms with E-state index in [0.29, 0.717) is 38.2 Å². The second kappa shape index (κ2) is 8.53. The Bertz CT molecular complexity index is 624. The lowest BCUT2D eigenvalue weighted by Gasteiger charge is -2.31. The third-order valence-corrected chi connectivity index (χ3v) is 4.73. The molecule has 8 heteroatoms. The minimum Gasteiger partial charge on any atom is -0.466 e. The highest BCUT2D eigenvalue weighted by molar-refractivity contribution is 5.93. The number of nitrogens with one attached hydrogen (secondary N) is 2. The van der Waals surface area contributed by atoms with Crippen LogP contribution in [0.4, 0.5) is 18.9 Å². The van der Waals surface area contributed by atoms with Crippen LogP contribution >= 0.6 is 0 Å². The van der Waals surface area contributed by atoms with E-state index < -0.39 is 11.7 Å². The number of esters is 1. The lowest BCUT2D eigenvalue weighted by molar-refractivity contribution is -0.919. The number of hydrogen-bond donors (Lipinski definition) is 2. The Morgan fingerprint density at radius 2 is 1.81 bits per heavy atom. The lowest BCUT2D eigenvalue weighted by atomic mass is 9.96. The summed E-state index contributed by atoms with van der Waals surface area (Å²) in [5.41, 5.74) is -0.425. The predicted octanol–water partition coefficient (Wildman–Crippen LogP) is 1.89. The Hall–Kier alpha value is -2.09. The minimum atomic E-state index is -4.40. The number of carbonyl (C=O) groups excluding carboxylic acids is 2. The van der Waals surface area contributed by atoms with Crippen molar-refractivity contribution in [3.63, 3.8) is 0 Å². The maximum Gasteiger partial charge on any atom is 0.416 e. The average molecular weight is 373 g/mol. The highest BCUT2D eigenvalue weighted by atomic mass is 19.4. The first-order chi connectivity index (χ1) is 12.2. The molecule has 1 aliphatic rings. The molecule has 0 aromatic heterocycles. The first-order valence-electron chi connectivity index (χ1n) is 8.71. The van der Waals surface area contributed by atoms with Gasteiger partial charge in [0.05, 0.1) is 31.2 Å². The minimum absolute atomic E-state index is 0.121. The fourth-order valence-electron chi connectivity index (χ4n) is 3.10. The number of quaternary nitrogens is 1. The van der Waals surface area contributed by atoms with Crippen LogP contribution in [0.15, 0.2) is 24.3 Å². The molecule has 144 valence electrons. The lowest BCUT2D eigenvalue weighted by Crippen LogP contribution is -3.17. The first-order valence-corrected chi connectivity index (χ1v) is 8.71. The summed E-state index contributed by atoms with van der Waals surface area (Å²) >= 11 is 0. The fourth-order valence-corrected chi connectivity index (χ4v) is 3.10. The first kappa shape index (κ1) is 20.2. The molecule has 0 spiro atoms. The van der Waals surface area contributed by atoms with Crippen molar-refractivity contribution >= 4 is 17.6 Å². The molecule has 1 aromatic carbocycles. The van der Waals surface area contributed by atoms with Crippen molar-refractivity contribution in [2.24, 2.45) is 5.92 Å². The molecule has 1 amide bonds. The van der Waals surface area contributed by atoms with Gasteiger partial charge in [-0.05, 0) is 38.1 Å². The molecule has 0 aliphatic carbocycles. The van der Waals surface area contributed by atoms with E-state index in [9.17, 15) is 22.8 Å². The van der Waals surface area contributed by atoms with Crippen molar-refractivity contribution < 1.29 is 32.4 Å². The van der Waals surface area contributed by atoms with Crippen molar-refractivity contribution in [2.75, 3.05) is 25.0 Å². The van der Waals surface area contributed by atoms with Crippen molar-refractivity contribution in [3.8, 4) is 0 Å². The fraction of sp³-hybridized carbons (Fsp3) is 0.556. The van der Waals surface area contributed by atoms with Gasteiger partial charge in [0.15, 0.2) is 6.04 Å². The van der Waals surface area contributed by atoms with Gasteiger partial charge >= 0.3 is 12.1 Å². The number of ether oxygens (including phenoxy) is 1. The van der Waals surface area contributed by atoms with Crippen LogP contribution in [0.25, 0.3) is 0 Å². The summed E-state index contributed by atoms with van der Waals surface area (Å²) in [5, 5.41) is 2.65. The Morgan fingerprint density at radius 3 is 2.31 bits per heavy atom. The number of benzene rings is 1. The molecule has 2 N–H and O–H groups in total. The predicted molar refractivity (Wildman–Crippen MR) is 89.6 cm³/mol. The molecule has 1 saturated heterocycles. The molecule has 1 aromatic rings. The normalized spacial score (nSPS) is 21.7. The van der Waals surface area contributed by atoms with Gasteiger partial charge in [-0.2, -0.15) is 13.2 Å². The molecule has 1 heterocycles. The number of anilines is 1. The van der Waals surface area contributed by atoms with E-state index in [1.54, 1.807) is 13.8 Å².